The first-order valence-electron chi connectivity index (χ1n) is 12.0. The van der Waals surface area contributed by atoms with Crippen molar-refractivity contribution >= 4 is 5.57 Å². The van der Waals surface area contributed by atoms with Gasteiger partial charge in [0.15, 0.2) is 0 Å². The molecule has 0 heteroatoms. The summed E-state index contributed by atoms with van der Waals surface area (Å²) in [5.41, 5.74) is 11.3. The van der Waals surface area contributed by atoms with Crippen molar-refractivity contribution in [3.05, 3.63) is 172 Å². The van der Waals surface area contributed by atoms with Gasteiger partial charge in [0.1, 0.15) is 0 Å². The van der Waals surface area contributed by atoms with E-state index >= 15 is 0 Å². The molecule has 6 rings (SSSR count). The molecule has 0 saturated carbocycles. The van der Waals surface area contributed by atoms with Gasteiger partial charge in [0, 0.05) is 22.3 Å². The molecule has 0 bridgehead atoms. The Balaban J connectivity index is 1.47. The van der Waals surface area contributed by atoms with E-state index in [1.54, 1.807) is 0 Å². The molecule has 36 heavy (non-hydrogen) atoms. The Labute approximate surface area is 212 Å². The molecule has 0 aromatic heterocycles. The molecular formula is C36H22. The first-order valence-corrected chi connectivity index (χ1v) is 12.0. The van der Waals surface area contributed by atoms with Crippen LogP contribution in [-0.4, -0.2) is 0 Å². The lowest BCUT2D eigenvalue weighted by Crippen LogP contribution is -1.89. The number of hydrogen-bond donors (Lipinski definition) is 0. The van der Waals surface area contributed by atoms with Gasteiger partial charge in [-0.2, -0.15) is 0 Å². The van der Waals surface area contributed by atoms with Crippen molar-refractivity contribution in [2.24, 2.45) is 0 Å². The van der Waals surface area contributed by atoms with Crippen molar-refractivity contribution in [2.75, 3.05) is 0 Å². The van der Waals surface area contributed by atoms with E-state index in [-0.39, 0.29) is 0 Å². The second kappa shape index (κ2) is 9.68. The highest BCUT2D eigenvalue weighted by molar-refractivity contribution is 6.04. The highest BCUT2D eigenvalue weighted by Gasteiger charge is 2.25. The minimum Gasteiger partial charge on any atom is -0.0622 e. The topological polar surface area (TPSA) is 0 Å². The van der Waals surface area contributed by atoms with Crippen LogP contribution >= 0.6 is 0 Å². The Hall–Kier alpha value is -5.04. The molecule has 0 radical (unpaired) electrons. The standard InChI is InChI=1S/C36H22/c1-2-10-16-31(15-9-1)36-34-25-29(19-17-27-11-5-3-6-12-27)21-23-32(34)33-24-22-30(26-35(33)36)20-18-28-13-7-4-8-14-28/h1-16,21-26H. The average Bonchev–Trinajstić information content (AvgIpc) is 3.06. The lowest BCUT2D eigenvalue weighted by atomic mass is 9.95. The van der Waals surface area contributed by atoms with Gasteiger partial charge in [-0.15, -0.1) is 0 Å². The molecular weight excluding hydrogens is 432 g/mol. The smallest absolute Gasteiger partial charge is 0.0255 e. The molecule has 0 N–H and O–H groups in total. The van der Waals surface area contributed by atoms with Gasteiger partial charge in [-0.05, 0) is 81.9 Å². The maximum Gasteiger partial charge on any atom is 0.0255 e. The fourth-order valence-corrected chi connectivity index (χ4v) is 4.58. The lowest BCUT2D eigenvalue weighted by Gasteiger charge is -2.08. The van der Waals surface area contributed by atoms with Crippen molar-refractivity contribution in [1.29, 1.82) is 0 Å². The van der Waals surface area contributed by atoms with Gasteiger partial charge in [0.25, 0.3) is 0 Å². The molecule has 0 amide bonds. The maximum atomic E-state index is 3.36. The van der Waals surface area contributed by atoms with E-state index in [1.165, 1.54) is 33.4 Å². The zero-order chi connectivity index (χ0) is 24.2. The van der Waals surface area contributed by atoms with Crippen molar-refractivity contribution in [3.63, 3.8) is 0 Å². The van der Waals surface area contributed by atoms with Gasteiger partial charge in [-0.1, -0.05) is 109 Å². The van der Waals surface area contributed by atoms with Crippen LogP contribution in [0, 0.1) is 23.7 Å². The summed E-state index contributed by atoms with van der Waals surface area (Å²) in [5, 5.41) is 0. The number of fused-ring (bicyclic) bond motifs is 3. The van der Waals surface area contributed by atoms with Crippen LogP contribution in [-0.2, 0) is 0 Å². The minimum atomic E-state index is 1.01. The highest BCUT2D eigenvalue weighted by atomic mass is 14.3. The summed E-state index contributed by atoms with van der Waals surface area (Å²) in [7, 11) is 0. The largest absolute Gasteiger partial charge is 0.0622 e. The van der Waals surface area contributed by atoms with Crippen LogP contribution in [0.15, 0.2) is 139 Å². The molecule has 4 aromatic carbocycles. The molecule has 0 fully saturated rings. The Morgan fingerprint density at radius 2 is 0.806 bits per heavy atom. The van der Waals surface area contributed by atoms with Gasteiger partial charge in [-0.25, -0.2) is 0 Å². The van der Waals surface area contributed by atoms with Gasteiger partial charge < -0.3 is 0 Å². The third-order valence-electron chi connectivity index (χ3n) is 6.29. The van der Waals surface area contributed by atoms with Crippen molar-refractivity contribution < 1.29 is 0 Å². The predicted molar refractivity (Wildman–Crippen MR) is 150 cm³/mol. The van der Waals surface area contributed by atoms with E-state index in [0.29, 0.717) is 0 Å². The van der Waals surface area contributed by atoms with Crippen LogP contribution in [0.4, 0.5) is 0 Å². The molecule has 0 heterocycles. The third kappa shape index (κ3) is 4.37. The predicted octanol–water partition coefficient (Wildman–Crippen LogP) is 7.95. The van der Waals surface area contributed by atoms with E-state index < -0.39 is 0 Å². The second-order valence-corrected chi connectivity index (χ2v) is 8.69. The SMILES string of the molecule is C(#Cc1ccc2c(c1)C(=C1C=CC=CC=C1)c1cc(C#Cc3ccccc3)ccc1-2)c1ccccc1. The summed E-state index contributed by atoms with van der Waals surface area (Å²) in [5.74, 6) is 13.3. The second-order valence-electron chi connectivity index (χ2n) is 8.69. The molecule has 0 nitrogen and oxygen atoms in total. The molecule has 0 atom stereocenters. The van der Waals surface area contributed by atoms with Crippen molar-refractivity contribution in [2.45, 2.75) is 0 Å². The normalized spacial score (nSPS) is 12.7. The lowest BCUT2D eigenvalue weighted by molar-refractivity contribution is 1.57. The van der Waals surface area contributed by atoms with E-state index in [2.05, 4.69) is 96.5 Å². The molecule has 2 aliphatic carbocycles. The monoisotopic (exact) mass is 454 g/mol. The van der Waals surface area contributed by atoms with Crippen LogP contribution in [0.1, 0.15) is 33.4 Å². The summed E-state index contributed by atoms with van der Waals surface area (Å²) >= 11 is 0. The van der Waals surface area contributed by atoms with E-state index in [4.69, 9.17) is 0 Å². The van der Waals surface area contributed by atoms with Gasteiger partial charge in [0.2, 0.25) is 0 Å². The van der Waals surface area contributed by atoms with Gasteiger partial charge in [0.05, 0.1) is 0 Å². The fraction of sp³-hybridized carbons (Fsp3) is 0. The van der Waals surface area contributed by atoms with Crippen LogP contribution < -0.4 is 0 Å². The summed E-state index contributed by atoms with van der Waals surface area (Å²) < 4.78 is 0. The van der Waals surface area contributed by atoms with E-state index in [9.17, 15) is 0 Å². The molecule has 4 aromatic rings. The average molecular weight is 455 g/mol. The zero-order valence-electron chi connectivity index (χ0n) is 19.7. The Bertz CT molecular complexity index is 1570. The minimum absolute atomic E-state index is 1.01. The van der Waals surface area contributed by atoms with Crippen LogP contribution in [0.5, 0.6) is 0 Å². The summed E-state index contributed by atoms with van der Waals surface area (Å²) in [6.45, 7) is 0. The van der Waals surface area contributed by atoms with Crippen LogP contribution in [0.2, 0.25) is 0 Å². The number of allylic oxidation sites excluding steroid dienone is 7. The first-order chi connectivity index (χ1) is 17.8. The Kier molecular flexibility index (Phi) is 5.78. The van der Waals surface area contributed by atoms with Crippen LogP contribution in [0.3, 0.4) is 0 Å². The Morgan fingerprint density at radius 3 is 1.28 bits per heavy atom. The molecule has 0 unspecified atom stereocenters. The number of hydrogen-bond acceptors (Lipinski definition) is 0. The summed E-state index contributed by atoms with van der Waals surface area (Å²) in [4.78, 5) is 0. The quantitative estimate of drug-likeness (QED) is 0.208. The fourth-order valence-electron chi connectivity index (χ4n) is 4.58. The molecule has 0 spiro atoms. The van der Waals surface area contributed by atoms with E-state index in [0.717, 1.165) is 22.3 Å². The number of rotatable bonds is 0. The number of benzene rings is 4. The molecule has 0 aliphatic heterocycles. The third-order valence-corrected chi connectivity index (χ3v) is 6.29. The summed E-state index contributed by atoms with van der Waals surface area (Å²) in [6.07, 6.45) is 12.7. The highest BCUT2D eigenvalue weighted by Crippen LogP contribution is 2.46. The maximum absolute atomic E-state index is 3.36. The van der Waals surface area contributed by atoms with Crippen LogP contribution in [0.25, 0.3) is 16.7 Å². The van der Waals surface area contributed by atoms with E-state index in [1.807, 2.05) is 60.7 Å². The van der Waals surface area contributed by atoms with Gasteiger partial charge >= 0.3 is 0 Å². The summed E-state index contributed by atoms with van der Waals surface area (Å²) in [6, 6.07) is 33.3. The zero-order valence-corrected chi connectivity index (χ0v) is 19.7. The van der Waals surface area contributed by atoms with Gasteiger partial charge in [-0.3, -0.25) is 0 Å². The van der Waals surface area contributed by atoms with Crippen molar-refractivity contribution in [1.82, 2.24) is 0 Å². The molecule has 166 valence electrons. The Morgan fingerprint density at radius 1 is 0.361 bits per heavy atom. The molecule has 2 aliphatic rings. The molecule has 0 saturated heterocycles. The van der Waals surface area contributed by atoms with Crippen molar-refractivity contribution in [3.8, 4) is 34.8 Å². The first kappa shape index (κ1) is 21.5.